The fraction of sp³-hybridized carbons (Fsp3) is 0.727. The van der Waals surface area contributed by atoms with Crippen LogP contribution in [0.3, 0.4) is 0 Å². The number of allylic oxidation sites excluding steroid dienone is 1. The molecule has 0 aromatic rings. The molecule has 106 valence electrons. The monoisotopic (exact) mass is 282 g/mol. The van der Waals surface area contributed by atoms with E-state index in [0.29, 0.717) is 0 Å². The standard InChI is InChI=1S/C11H20FO5P/c1-5-11(6-2,18(14,15)16)8(4)9(12)10(13)17-7-3/h5-7H2,1-4H3,(H2,14,15,16). The predicted molar refractivity (Wildman–Crippen MR) is 65.8 cm³/mol. The van der Waals surface area contributed by atoms with Gasteiger partial charge in [0.2, 0.25) is 5.83 Å². The molecule has 18 heavy (non-hydrogen) atoms. The average molecular weight is 282 g/mol. The highest BCUT2D eigenvalue weighted by Crippen LogP contribution is 2.58. The molecule has 0 aliphatic carbocycles. The van der Waals surface area contributed by atoms with Crippen LogP contribution in [-0.4, -0.2) is 27.5 Å². The van der Waals surface area contributed by atoms with Crippen molar-refractivity contribution >= 4 is 13.6 Å². The van der Waals surface area contributed by atoms with Gasteiger partial charge in [-0.3, -0.25) is 4.57 Å². The molecule has 0 bridgehead atoms. The summed E-state index contributed by atoms with van der Waals surface area (Å²) in [6, 6.07) is 0. The van der Waals surface area contributed by atoms with Crippen molar-refractivity contribution in [2.45, 2.75) is 45.7 Å². The molecular weight excluding hydrogens is 262 g/mol. The summed E-state index contributed by atoms with van der Waals surface area (Å²) in [6.07, 6.45) is 0.0683. The summed E-state index contributed by atoms with van der Waals surface area (Å²) in [5, 5.41) is -1.65. The van der Waals surface area contributed by atoms with Crippen LogP contribution in [0.2, 0.25) is 0 Å². The third-order valence-corrected chi connectivity index (χ3v) is 5.29. The number of hydrogen-bond acceptors (Lipinski definition) is 3. The smallest absolute Gasteiger partial charge is 0.367 e. The van der Waals surface area contributed by atoms with Crippen LogP contribution < -0.4 is 0 Å². The molecule has 0 spiro atoms. The Labute approximate surface area is 106 Å². The molecule has 0 aliphatic rings. The molecule has 0 aromatic heterocycles. The zero-order chi connectivity index (χ0) is 14.6. The maximum absolute atomic E-state index is 13.8. The zero-order valence-electron chi connectivity index (χ0n) is 11.1. The third kappa shape index (κ3) is 3.19. The van der Waals surface area contributed by atoms with Crippen LogP contribution in [0.25, 0.3) is 0 Å². The van der Waals surface area contributed by atoms with Crippen molar-refractivity contribution in [3.05, 3.63) is 11.4 Å². The van der Waals surface area contributed by atoms with Crippen LogP contribution in [0.5, 0.6) is 0 Å². The highest BCUT2D eigenvalue weighted by molar-refractivity contribution is 7.53. The summed E-state index contributed by atoms with van der Waals surface area (Å²) in [5.41, 5.74) is -0.251. The Balaban J connectivity index is 5.73. The number of ether oxygens (including phenoxy) is 1. The van der Waals surface area contributed by atoms with Crippen molar-refractivity contribution in [2.75, 3.05) is 6.61 Å². The molecule has 0 saturated heterocycles. The maximum atomic E-state index is 13.8. The SMILES string of the molecule is CCOC(=O)C(F)=C(C)C(CC)(CC)P(=O)(O)O. The molecule has 0 amide bonds. The Morgan fingerprint density at radius 3 is 2.00 bits per heavy atom. The molecule has 0 heterocycles. The first-order chi connectivity index (χ1) is 8.17. The van der Waals surface area contributed by atoms with E-state index in [0.717, 1.165) is 0 Å². The Morgan fingerprint density at radius 2 is 1.72 bits per heavy atom. The molecule has 0 atom stereocenters. The molecule has 2 N–H and O–H groups in total. The fourth-order valence-electron chi connectivity index (χ4n) is 1.96. The number of carbonyl (C=O) groups is 1. The van der Waals surface area contributed by atoms with E-state index < -0.39 is 24.5 Å². The molecule has 0 radical (unpaired) electrons. The second-order valence-corrected chi connectivity index (χ2v) is 5.89. The zero-order valence-corrected chi connectivity index (χ0v) is 12.0. The van der Waals surface area contributed by atoms with E-state index in [9.17, 15) is 23.5 Å². The lowest BCUT2D eigenvalue weighted by atomic mass is 9.93. The lowest BCUT2D eigenvalue weighted by molar-refractivity contribution is -0.140. The van der Waals surface area contributed by atoms with Gasteiger partial charge in [-0.25, -0.2) is 4.79 Å². The Hall–Kier alpha value is -0.710. The van der Waals surface area contributed by atoms with Gasteiger partial charge < -0.3 is 14.5 Å². The van der Waals surface area contributed by atoms with Gasteiger partial charge in [0.05, 0.1) is 11.8 Å². The minimum Gasteiger partial charge on any atom is -0.461 e. The Morgan fingerprint density at radius 1 is 1.28 bits per heavy atom. The number of rotatable bonds is 6. The first-order valence-corrected chi connectivity index (χ1v) is 7.38. The number of hydrogen-bond donors (Lipinski definition) is 2. The Bertz CT molecular complexity index is 381. The van der Waals surface area contributed by atoms with Crippen molar-refractivity contribution in [2.24, 2.45) is 0 Å². The molecule has 0 aliphatic heterocycles. The van der Waals surface area contributed by atoms with Gasteiger partial charge in [0.15, 0.2) is 0 Å². The quantitative estimate of drug-likeness (QED) is 0.444. The van der Waals surface area contributed by atoms with Crippen LogP contribution in [0, 0.1) is 0 Å². The average Bonchev–Trinajstić information content (AvgIpc) is 2.28. The summed E-state index contributed by atoms with van der Waals surface area (Å²) in [4.78, 5) is 30.1. The van der Waals surface area contributed by atoms with Crippen LogP contribution in [-0.2, 0) is 14.1 Å². The number of esters is 1. The van der Waals surface area contributed by atoms with Crippen molar-refractivity contribution in [3.63, 3.8) is 0 Å². The lowest BCUT2D eigenvalue weighted by Crippen LogP contribution is -2.30. The third-order valence-electron chi connectivity index (χ3n) is 3.21. The largest absolute Gasteiger partial charge is 0.461 e. The van der Waals surface area contributed by atoms with Gasteiger partial charge in [0.1, 0.15) is 0 Å². The first-order valence-electron chi connectivity index (χ1n) is 5.77. The van der Waals surface area contributed by atoms with Gasteiger partial charge in [0, 0.05) is 0 Å². The summed E-state index contributed by atoms with van der Waals surface area (Å²) >= 11 is 0. The van der Waals surface area contributed by atoms with Crippen molar-refractivity contribution in [1.29, 1.82) is 0 Å². The van der Waals surface area contributed by atoms with Gasteiger partial charge >= 0.3 is 13.6 Å². The summed E-state index contributed by atoms with van der Waals surface area (Å²) < 4.78 is 29.9. The van der Waals surface area contributed by atoms with Crippen molar-refractivity contribution in [1.82, 2.24) is 0 Å². The van der Waals surface area contributed by atoms with E-state index >= 15 is 0 Å². The normalized spacial score (nSPS) is 14.2. The van der Waals surface area contributed by atoms with Crippen molar-refractivity contribution < 1.29 is 28.3 Å². The second kappa shape index (κ2) is 6.45. The molecule has 7 heteroatoms. The van der Waals surface area contributed by atoms with Crippen LogP contribution in [0.15, 0.2) is 11.4 Å². The van der Waals surface area contributed by atoms with Crippen LogP contribution >= 0.6 is 7.60 Å². The van der Waals surface area contributed by atoms with E-state index in [-0.39, 0.29) is 25.0 Å². The lowest BCUT2D eigenvalue weighted by Gasteiger charge is -2.33. The Kier molecular flexibility index (Phi) is 6.20. The summed E-state index contributed by atoms with van der Waals surface area (Å²) in [7, 11) is -4.58. The molecule has 0 saturated carbocycles. The van der Waals surface area contributed by atoms with Gasteiger partial charge in [-0.15, -0.1) is 0 Å². The minimum absolute atomic E-state index is 0.000689. The summed E-state index contributed by atoms with van der Waals surface area (Å²) in [5.74, 6) is -2.40. The minimum atomic E-state index is -4.58. The van der Waals surface area contributed by atoms with E-state index in [2.05, 4.69) is 4.74 Å². The predicted octanol–water partition coefficient (Wildman–Crippen LogP) is 2.53. The molecule has 0 fully saturated rings. The fourth-order valence-corrected chi connectivity index (χ4v) is 3.32. The summed E-state index contributed by atoms with van der Waals surface area (Å²) in [6.45, 7) is 5.84. The highest BCUT2D eigenvalue weighted by atomic mass is 31.2. The second-order valence-electron chi connectivity index (χ2n) is 3.94. The maximum Gasteiger partial charge on any atom is 0.367 e. The van der Waals surface area contributed by atoms with Gasteiger partial charge in [-0.2, -0.15) is 4.39 Å². The van der Waals surface area contributed by atoms with E-state index in [1.54, 1.807) is 13.8 Å². The van der Waals surface area contributed by atoms with Crippen LogP contribution in [0.1, 0.15) is 40.5 Å². The van der Waals surface area contributed by atoms with Crippen LogP contribution in [0.4, 0.5) is 4.39 Å². The molecule has 0 unspecified atom stereocenters. The van der Waals surface area contributed by atoms with Gasteiger partial charge in [-0.1, -0.05) is 13.8 Å². The van der Waals surface area contributed by atoms with E-state index in [1.165, 1.54) is 13.8 Å². The highest BCUT2D eigenvalue weighted by Gasteiger charge is 2.47. The topological polar surface area (TPSA) is 83.8 Å². The molecular formula is C11H20FO5P. The molecule has 0 aromatic carbocycles. The van der Waals surface area contributed by atoms with Gasteiger partial charge in [0.25, 0.3) is 0 Å². The molecule has 5 nitrogen and oxygen atoms in total. The van der Waals surface area contributed by atoms with Gasteiger partial charge in [-0.05, 0) is 32.3 Å². The number of carbonyl (C=O) groups excluding carboxylic acids is 1. The van der Waals surface area contributed by atoms with E-state index in [1.807, 2.05) is 0 Å². The first kappa shape index (κ1) is 17.3. The van der Waals surface area contributed by atoms with Crippen molar-refractivity contribution in [3.8, 4) is 0 Å². The molecule has 0 rings (SSSR count). The number of halogens is 1. The van der Waals surface area contributed by atoms with E-state index in [4.69, 9.17) is 0 Å².